The number of rotatable bonds is 2. The molecule has 0 N–H and O–H groups in total. The second-order valence-electron chi connectivity index (χ2n) is 2.24. The van der Waals surface area contributed by atoms with Crippen LogP contribution in [-0.2, 0) is 4.79 Å². The van der Waals surface area contributed by atoms with Crippen LogP contribution < -0.4 is 0 Å². The molecule has 2 heteroatoms. The number of nitrogens with zero attached hydrogens (tertiary/aromatic N) is 1. The van der Waals surface area contributed by atoms with Gasteiger partial charge in [0.05, 0.1) is 0 Å². The predicted molar refractivity (Wildman–Crippen MR) is 35.9 cm³/mol. The first-order chi connectivity index (χ1) is 4.04. The second-order valence-corrected chi connectivity index (χ2v) is 2.24. The minimum absolute atomic E-state index is 0.225. The summed E-state index contributed by atoms with van der Waals surface area (Å²) in [5.74, 6) is -0.225. The summed E-state index contributed by atoms with van der Waals surface area (Å²) in [5.41, 5.74) is -0.915. The first-order valence-corrected chi connectivity index (χ1v) is 2.60. The zero-order valence-electron chi connectivity index (χ0n) is 5.64. The average Bonchev–Trinajstić information content (AvgIpc) is 1.86. The Bertz CT molecular complexity index is 174. The lowest BCUT2D eigenvalue weighted by molar-refractivity contribution is -0.117. The van der Waals surface area contributed by atoms with Crippen molar-refractivity contribution in [3.63, 3.8) is 0 Å². The van der Waals surface area contributed by atoms with Gasteiger partial charge in [0.25, 0.3) is 5.54 Å². The van der Waals surface area contributed by atoms with E-state index in [1.165, 1.54) is 6.08 Å². The Morgan fingerprint density at radius 1 is 1.78 bits per heavy atom. The molecule has 0 radical (unpaired) electrons. The maximum Gasteiger partial charge on any atom is 0.287 e. The van der Waals surface area contributed by atoms with E-state index in [4.69, 9.17) is 6.57 Å². The molecule has 0 bridgehead atoms. The second kappa shape index (κ2) is 2.45. The van der Waals surface area contributed by atoms with Crippen molar-refractivity contribution in [3.05, 3.63) is 24.1 Å². The van der Waals surface area contributed by atoms with Gasteiger partial charge in [0.1, 0.15) is 0 Å². The van der Waals surface area contributed by atoms with Crippen LogP contribution in [0.2, 0.25) is 0 Å². The van der Waals surface area contributed by atoms with Crippen LogP contribution in [0.1, 0.15) is 13.8 Å². The normalized spacial score (nSPS) is 9.89. The number of hydrogen-bond donors (Lipinski definition) is 0. The van der Waals surface area contributed by atoms with E-state index in [1.54, 1.807) is 13.8 Å². The summed E-state index contributed by atoms with van der Waals surface area (Å²) in [5, 5.41) is 0. The van der Waals surface area contributed by atoms with Crippen LogP contribution in [0.15, 0.2) is 12.7 Å². The standard InChI is InChI=1S/C7H9NO/c1-5-6(9)7(2,3)8-4/h5H,1H2,2-3H3. The van der Waals surface area contributed by atoms with Gasteiger partial charge in [0, 0.05) is 13.8 Å². The molecule has 0 atom stereocenters. The third-order valence-corrected chi connectivity index (χ3v) is 1.07. The van der Waals surface area contributed by atoms with Crippen molar-refractivity contribution in [3.8, 4) is 0 Å². The quantitative estimate of drug-likeness (QED) is 0.402. The van der Waals surface area contributed by atoms with Crippen LogP contribution in [0, 0.1) is 6.57 Å². The van der Waals surface area contributed by atoms with E-state index in [0.717, 1.165) is 0 Å². The van der Waals surface area contributed by atoms with Crippen LogP contribution in [0.4, 0.5) is 0 Å². The zero-order chi connectivity index (χ0) is 7.49. The highest BCUT2D eigenvalue weighted by atomic mass is 16.1. The number of carbonyl (C=O) groups is 1. The van der Waals surface area contributed by atoms with Crippen LogP contribution >= 0.6 is 0 Å². The van der Waals surface area contributed by atoms with Gasteiger partial charge in [-0.05, 0) is 6.08 Å². The minimum Gasteiger partial charge on any atom is -0.302 e. The van der Waals surface area contributed by atoms with E-state index >= 15 is 0 Å². The van der Waals surface area contributed by atoms with Crippen LogP contribution in [0.3, 0.4) is 0 Å². The summed E-state index contributed by atoms with van der Waals surface area (Å²) in [7, 11) is 0. The van der Waals surface area contributed by atoms with Gasteiger partial charge in [0.2, 0.25) is 5.78 Å². The van der Waals surface area contributed by atoms with Gasteiger partial charge in [-0.25, -0.2) is 6.57 Å². The lowest BCUT2D eigenvalue weighted by Crippen LogP contribution is -2.24. The Morgan fingerprint density at radius 3 is 2.33 bits per heavy atom. The molecule has 0 spiro atoms. The van der Waals surface area contributed by atoms with Crippen LogP contribution in [0.25, 0.3) is 4.85 Å². The summed E-state index contributed by atoms with van der Waals surface area (Å²) in [6.07, 6.45) is 1.18. The molecule has 0 rings (SSSR count). The highest BCUT2D eigenvalue weighted by molar-refractivity contribution is 5.98. The molecule has 0 saturated carbocycles. The SMILES string of the molecule is [C-]#[N+]C(C)(C)C(=O)C=C. The molecule has 9 heavy (non-hydrogen) atoms. The predicted octanol–water partition coefficient (Wildman–Crippen LogP) is 1.44. The minimum atomic E-state index is -0.915. The third kappa shape index (κ3) is 1.69. The maximum atomic E-state index is 10.7. The highest BCUT2D eigenvalue weighted by Crippen LogP contribution is 2.09. The monoisotopic (exact) mass is 123 g/mol. The first-order valence-electron chi connectivity index (χ1n) is 2.60. The Balaban J connectivity index is 4.37. The Morgan fingerprint density at radius 2 is 2.22 bits per heavy atom. The van der Waals surface area contributed by atoms with Crippen molar-refractivity contribution in [1.29, 1.82) is 0 Å². The molecule has 0 heterocycles. The highest BCUT2D eigenvalue weighted by Gasteiger charge is 2.30. The molecular weight excluding hydrogens is 114 g/mol. The Hall–Kier alpha value is -1.10. The molecule has 0 aromatic heterocycles. The molecule has 0 saturated heterocycles. The van der Waals surface area contributed by atoms with Crippen LogP contribution in [-0.4, -0.2) is 11.3 Å². The smallest absolute Gasteiger partial charge is 0.287 e. The topological polar surface area (TPSA) is 21.4 Å². The number of carbonyl (C=O) groups excluding carboxylic acids is 1. The van der Waals surface area contributed by atoms with Crippen molar-refractivity contribution in [1.82, 2.24) is 0 Å². The van der Waals surface area contributed by atoms with E-state index in [1.807, 2.05) is 0 Å². The number of hydrogen-bond acceptors (Lipinski definition) is 1. The molecule has 0 aromatic carbocycles. The fraction of sp³-hybridized carbons (Fsp3) is 0.429. The van der Waals surface area contributed by atoms with Crippen molar-refractivity contribution in [2.75, 3.05) is 0 Å². The first kappa shape index (κ1) is 7.90. The number of ketones is 1. The summed E-state index contributed by atoms with van der Waals surface area (Å²) in [6, 6.07) is 0. The molecule has 0 aliphatic rings. The fourth-order valence-corrected chi connectivity index (χ4v) is 0.305. The summed E-state index contributed by atoms with van der Waals surface area (Å²) in [4.78, 5) is 13.9. The molecule has 0 aromatic rings. The van der Waals surface area contributed by atoms with E-state index in [-0.39, 0.29) is 5.78 Å². The maximum absolute atomic E-state index is 10.7. The van der Waals surface area contributed by atoms with E-state index < -0.39 is 5.54 Å². The molecule has 0 fully saturated rings. The van der Waals surface area contributed by atoms with Gasteiger partial charge in [-0.3, -0.25) is 4.79 Å². The molecule has 48 valence electrons. The summed E-state index contributed by atoms with van der Waals surface area (Å²) < 4.78 is 0. The van der Waals surface area contributed by atoms with Crippen molar-refractivity contribution >= 4 is 5.78 Å². The molecule has 0 amide bonds. The molecule has 0 aliphatic carbocycles. The molecule has 2 nitrogen and oxygen atoms in total. The van der Waals surface area contributed by atoms with E-state index in [9.17, 15) is 4.79 Å². The summed E-state index contributed by atoms with van der Waals surface area (Å²) >= 11 is 0. The molecular formula is C7H9NO. The van der Waals surface area contributed by atoms with Gasteiger partial charge < -0.3 is 4.85 Å². The molecule has 0 aliphatic heterocycles. The van der Waals surface area contributed by atoms with Gasteiger partial charge in [0.15, 0.2) is 0 Å². The summed E-state index contributed by atoms with van der Waals surface area (Å²) in [6.45, 7) is 13.0. The Kier molecular flexibility index (Phi) is 2.15. The van der Waals surface area contributed by atoms with Gasteiger partial charge >= 0.3 is 0 Å². The fourth-order valence-electron chi connectivity index (χ4n) is 0.305. The van der Waals surface area contributed by atoms with Crippen molar-refractivity contribution in [2.45, 2.75) is 19.4 Å². The van der Waals surface area contributed by atoms with Gasteiger partial charge in [-0.2, -0.15) is 0 Å². The Labute approximate surface area is 55.0 Å². The van der Waals surface area contributed by atoms with Gasteiger partial charge in [-0.15, -0.1) is 0 Å². The third-order valence-electron chi connectivity index (χ3n) is 1.07. The van der Waals surface area contributed by atoms with E-state index in [2.05, 4.69) is 11.4 Å². The van der Waals surface area contributed by atoms with Gasteiger partial charge in [-0.1, -0.05) is 6.58 Å². The lowest BCUT2D eigenvalue weighted by atomic mass is 10.0. The van der Waals surface area contributed by atoms with Crippen molar-refractivity contribution < 1.29 is 4.79 Å². The van der Waals surface area contributed by atoms with E-state index in [0.29, 0.717) is 0 Å². The molecule has 0 unspecified atom stereocenters. The van der Waals surface area contributed by atoms with Crippen molar-refractivity contribution in [2.24, 2.45) is 0 Å². The zero-order valence-corrected chi connectivity index (χ0v) is 5.64. The largest absolute Gasteiger partial charge is 0.302 e. The average molecular weight is 123 g/mol. The van der Waals surface area contributed by atoms with Crippen LogP contribution in [0.5, 0.6) is 0 Å². The lowest BCUT2D eigenvalue weighted by Gasteiger charge is -2.03.